The highest BCUT2D eigenvalue weighted by atomic mass is 35.5. The van der Waals surface area contributed by atoms with Gasteiger partial charge in [-0.1, -0.05) is 30.3 Å². The number of rotatable bonds is 3. The van der Waals surface area contributed by atoms with Crippen LogP contribution in [0, 0.1) is 0 Å². The number of morpholine rings is 1. The average molecular weight is 282 g/mol. The van der Waals surface area contributed by atoms with Crippen molar-refractivity contribution in [3.8, 4) is 0 Å². The summed E-state index contributed by atoms with van der Waals surface area (Å²) in [5.41, 5.74) is 0.712. The molecule has 1 aromatic carbocycles. The number of hydrogen-bond acceptors (Lipinski definition) is 2. The number of ether oxygens (including phenoxy) is 1. The lowest BCUT2D eigenvalue weighted by Gasteiger charge is -2.42. The molecule has 0 radical (unpaired) electrons. The van der Waals surface area contributed by atoms with Gasteiger partial charge in [-0.2, -0.15) is 0 Å². The predicted octanol–water partition coefficient (Wildman–Crippen LogP) is 2.47. The van der Waals surface area contributed by atoms with E-state index in [2.05, 4.69) is 0 Å². The molecule has 0 bridgehead atoms. The number of halogens is 1. The Morgan fingerprint density at radius 1 is 1.42 bits per heavy atom. The number of alkyl halides is 1. The van der Waals surface area contributed by atoms with Crippen LogP contribution in [0.2, 0.25) is 0 Å². The number of carbonyl (C=O) groups excluding carboxylic acids is 1. The van der Waals surface area contributed by atoms with E-state index >= 15 is 0 Å². The molecule has 104 valence electrons. The van der Waals surface area contributed by atoms with Gasteiger partial charge in [0.2, 0.25) is 5.91 Å². The van der Waals surface area contributed by atoms with Crippen LogP contribution in [0.25, 0.3) is 0 Å². The van der Waals surface area contributed by atoms with Gasteiger partial charge < -0.3 is 9.64 Å². The number of carbonyl (C=O) groups is 1. The van der Waals surface area contributed by atoms with Crippen molar-refractivity contribution in [3.63, 3.8) is 0 Å². The largest absolute Gasteiger partial charge is 0.367 e. The van der Waals surface area contributed by atoms with E-state index in [-0.39, 0.29) is 17.6 Å². The highest BCUT2D eigenvalue weighted by molar-refractivity contribution is 6.18. The van der Waals surface area contributed by atoms with Gasteiger partial charge in [0.05, 0.1) is 24.0 Å². The summed E-state index contributed by atoms with van der Waals surface area (Å²) < 4.78 is 5.83. The van der Waals surface area contributed by atoms with Crippen molar-refractivity contribution >= 4 is 17.5 Å². The minimum absolute atomic E-state index is 0.0786. The Balaban J connectivity index is 2.02. The van der Waals surface area contributed by atoms with Crippen molar-refractivity contribution in [3.05, 3.63) is 35.9 Å². The molecule has 1 aliphatic rings. The molecule has 2 rings (SSSR count). The molecule has 1 amide bonds. The van der Waals surface area contributed by atoms with E-state index in [0.29, 0.717) is 25.4 Å². The fourth-order valence-electron chi connectivity index (χ4n) is 2.45. The molecule has 0 spiro atoms. The van der Waals surface area contributed by atoms with Crippen LogP contribution in [0.1, 0.15) is 19.4 Å². The van der Waals surface area contributed by atoms with E-state index in [1.165, 1.54) is 0 Å². The van der Waals surface area contributed by atoms with E-state index in [0.717, 1.165) is 5.56 Å². The van der Waals surface area contributed by atoms with Gasteiger partial charge in [-0.25, -0.2) is 0 Å². The molecule has 0 saturated carbocycles. The van der Waals surface area contributed by atoms with Crippen molar-refractivity contribution in [1.82, 2.24) is 4.90 Å². The number of benzene rings is 1. The van der Waals surface area contributed by atoms with E-state index in [9.17, 15) is 4.79 Å². The predicted molar refractivity (Wildman–Crippen MR) is 76.4 cm³/mol. The summed E-state index contributed by atoms with van der Waals surface area (Å²) >= 11 is 5.87. The lowest BCUT2D eigenvalue weighted by atomic mass is 10.0. The molecular formula is C15H20ClNO2. The fraction of sp³-hybridized carbons (Fsp3) is 0.533. The Bertz CT molecular complexity index is 433. The summed E-state index contributed by atoms with van der Waals surface area (Å²) in [5, 5.41) is 0. The van der Waals surface area contributed by atoms with Crippen molar-refractivity contribution in [1.29, 1.82) is 0 Å². The van der Waals surface area contributed by atoms with Crippen molar-refractivity contribution < 1.29 is 9.53 Å². The highest BCUT2D eigenvalue weighted by Gasteiger charge is 2.34. The Hall–Kier alpha value is -1.06. The van der Waals surface area contributed by atoms with E-state index in [1.54, 1.807) is 0 Å². The first-order valence-corrected chi connectivity index (χ1v) is 7.09. The lowest BCUT2D eigenvalue weighted by Crippen LogP contribution is -2.55. The number of hydrogen-bond donors (Lipinski definition) is 0. The molecule has 4 heteroatoms. The van der Waals surface area contributed by atoms with Gasteiger partial charge in [-0.15, -0.1) is 11.6 Å². The molecule has 0 N–H and O–H groups in total. The van der Waals surface area contributed by atoms with Gasteiger partial charge in [0.25, 0.3) is 0 Å². The number of nitrogens with zero attached hydrogens (tertiary/aromatic N) is 1. The zero-order valence-electron chi connectivity index (χ0n) is 11.4. The average Bonchev–Trinajstić information content (AvgIpc) is 2.38. The van der Waals surface area contributed by atoms with Gasteiger partial charge in [-0.05, 0) is 19.4 Å². The molecule has 0 aromatic heterocycles. The van der Waals surface area contributed by atoms with Crippen LogP contribution in [0.5, 0.6) is 0 Å². The molecule has 1 fully saturated rings. The molecule has 1 unspecified atom stereocenters. The van der Waals surface area contributed by atoms with Crippen molar-refractivity contribution in [2.45, 2.75) is 32.0 Å². The summed E-state index contributed by atoms with van der Waals surface area (Å²) in [5.74, 6) is 0.552. The molecule has 1 heterocycles. The Labute approximate surface area is 119 Å². The van der Waals surface area contributed by atoms with Crippen LogP contribution < -0.4 is 0 Å². The Kier molecular flexibility index (Phi) is 4.48. The second-order valence-electron chi connectivity index (χ2n) is 5.59. The highest BCUT2D eigenvalue weighted by Crippen LogP contribution is 2.22. The molecule has 1 saturated heterocycles. The first kappa shape index (κ1) is 14.4. The summed E-state index contributed by atoms with van der Waals surface area (Å²) in [6.45, 7) is 5.19. The minimum atomic E-state index is -0.329. The van der Waals surface area contributed by atoms with Crippen molar-refractivity contribution in [2.75, 3.05) is 19.0 Å². The Morgan fingerprint density at radius 3 is 2.74 bits per heavy atom. The third-order valence-electron chi connectivity index (χ3n) is 3.20. The van der Waals surface area contributed by atoms with Crippen LogP contribution in [-0.2, 0) is 16.0 Å². The van der Waals surface area contributed by atoms with Crippen LogP contribution >= 0.6 is 11.6 Å². The maximum atomic E-state index is 12.3. The molecule has 1 aromatic rings. The molecular weight excluding hydrogens is 262 g/mol. The van der Waals surface area contributed by atoms with E-state index < -0.39 is 0 Å². The van der Waals surface area contributed by atoms with Gasteiger partial charge in [0.15, 0.2) is 0 Å². The second kappa shape index (κ2) is 5.93. The normalized spacial score (nSPS) is 22.3. The molecule has 1 atom stereocenters. The third kappa shape index (κ3) is 3.95. The zero-order chi connectivity index (χ0) is 13.9. The summed E-state index contributed by atoms with van der Waals surface area (Å²) in [7, 11) is 0. The maximum absolute atomic E-state index is 12.3. The van der Waals surface area contributed by atoms with Crippen LogP contribution in [0.15, 0.2) is 30.3 Å². The maximum Gasteiger partial charge on any atom is 0.227 e. The van der Waals surface area contributed by atoms with Gasteiger partial charge in [-0.3, -0.25) is 4.79 Å². The SMILES string of the molecule is CC1(C)CN(C(=O)Cc2ccccc2)CC(CCl)O1. The second-order valence-corrected chi connectivity index (χ2v) is 5.90. The number of amides is 1. The molecule has 1 aliphatic heterocycles. The van der Waals surface area contributed by atoms with Crippen LogP contribution in [0.4, 0.5) is 0 Å². The molecule has 3 nitrogen and oxygen atoms in total. The standard InChI is InChI=1S/C15H20ClNO2/c1-15(2)11-17(10-13(9-16)19-15)14(18)8-12-6-4-3-5-7-12/h3-7,13H,8-11H2,1-2H3. The Morgan fingerprint density at radius 2 is 2.11 bits per heavy atom. The monoisotopic (exact) mass is 281 g/mol. The summed E-state index contributed by atoms with van der Waals surface area (Å²) in [4.78, 5) is 14.2. The molecule has 0 aliphatic carbocycles. The van der Waals surface area contributed by atoms with Crippen molar-refractivity contribution in [2.24, 2.45) is 0 Å². The van der Waals surface area contributed by atoms with E-state index in [4.69, 9.17) is 16.3 Å². The van der Waals surface area contributed by atoms with E-state index in [1.807, 2.05) is 49.1 Å². The minimum Gasteiger partial charge on any atom is -0.367 e. The first-order valence-electron chi connectivity index (χ1n) is 6.56. The summed E-state index contributed by atoms with van der Waals surface area (Å²) in [6.07, 6.45) is 0.358. The van der Waals surface area contributed by atoms with Crippen LogP contribution in [-0.4, -0.2) is 41.5 Å². The summed E-state index contributed by atoms with van der Waals surface area (Å²) in [6, 6.07) is 9.81. The lowest BCUT2D eigenvalue weighted by molar-refractivity contribution is -0.156. The topological polar surface area (TPSA) is 29.5 Å². The van der Waals surface area contributed by atoms with Crippen LogP contribution in [0.3, 0.4) is 0 Å². The smallest absolute Gasteiger partial charge is 0.227 e. The molecule has 19 heavy (non-hydrogen) atoms. The van der Waals surface area contributed by atoms with Gasteiger partial charge in [0, 0.05) is 13.1 Å². The van der Waals surface area contributed by atoms with Gasteiger partial charge in [0.1, 0.15) is 0 Å². The quantitative estimate of drug-likeness (QED) is 0.797. The zero-order valence-corrected chi connectivity index (χ0v) is 12.2. The fourth-order valence-corrected chi connectivity index (χ4v) is 2.61. The first-order chi connectivity index (χ1) is 9.00. The van der Waals surface area contributed by atoms with Gasteiger partial charge >= 0.3 is 0 Å². The third-order valence-corrected chi connectivity index (χ3v) is 3.55.